The monoisotopic (exact) mass is 294 g/mol. The van der Waals surface area contributed by atoms with Gasteiger partial charge in [-0.15, -0.1) is 0 Å². The molecule has 0 N–H and O–H groups in total. The highest BCUT2D eigenvalue weighted by Crippen LogP contribution is 2.16. The van der Waals surface area contributed by atoms with Crippen molar-refractivity contribution in [1.82, 2.24) is 0 Å². The zero-order valence-electron chi connectivity index (χ0n) is 12.0. The summed E-state index contributed by atoms with van der Waals surface area (Å²) in [7, 11) is -4.66. The van der Waals surface area contributed by atoms with Crippen molar-refractivity contribution in [2.75, 3.05) is 13.2 Å². The molecule has 0 saturated carbocycles. The minimum atomic E-state index is -2.87. The first-order valence-corrected chi connectivity index (χ1v) is 12.7. The Bertz CT molecular complexity index is 170. The quantitative estimate of drug-likeness (QED) is 0.581. The molecule has 0 aromatic carbocycles. The Kier molecular flexibility index (Phi) is 9.70. The Morgan fingerprint density at radius 3 is 1.35 bits per heavy atom. The highest BCUT2D eigenvalue weighted by Gasteiger charge is 2.46. The molecule has 0 atom stereocenters. The fraction of sp³-hybridized carbons (Fsp3) is 1.00. The molecule has 0 aliphatic rings. The van der Waals surface area contributed by atoms with Gasteiger partial charge >= 0.3 is 9.05 Å². The second-order valence-electron chi connectivity index (χ2n) is 4.22. The summed E-state index contributed by atoms with van der Waals surface area (Å²) in [5.74, 6) is 0. The molecule has 102 valence electrons. The van der Waals surface area contributed by atoms with E-state index in [-0.39, 0.29) is 0 Å². The van der Waals surface area contributed by atoms with Crippen LogP contribution in [0.2, 0.25) is 26.2 Å². The third kappa shape index (κ3) is 8.25. The Hall–Kier alpha value is 0.491. The van der Waals surface area contributed by atoms with E-state index in [0.717, 1.165) is 12.8 Å². The molecule has 0 bridgehead atoms. The normalized spacial score (nSPS) is 12.7. The third-order valence-corrected chi connectivity index (χ3v) is 8.01. The smallest absolute Gasteiger partial charge is 0.394 e. The van der Waals surface area contributed by atoms with Gasteiger partial charge in [0.2, 0.25) is 0 Å². The van der Waals surface area contributed by atoms with Crippen LogP contribution in [0.3, 0.4) is 0 Å². The molecule has 0 aromatic heterocycles. The molecule has 0 aliphatic heterocycles. The van der Waals surface area contributed by atoms with Crippen molar-refractivity contribution in [1.29, 1.82) is 0 Å². The van der Waals surface area contributed by atoms with E-state index >= 15 is 0 Å². The average Bonchev–Trinajstić information content (AvgIpc) is 2.22. The highest BCUT2D eigenvalue weighted by atomic mass is 28.5. The maximum Gasteiger partial charge on any atom is 0.658 e. The van der Waals surface area contributed by atoms with Gasteiger partial charge in [0.15, 0.2) is 18.1 Å². The van der Waals surface area contributed by atoms with Gasteiger partial charge in [-0.25, -0.2) is 0 Å². The molecule has 0 aliphatic carbocycles. The maximum absolute atomic E-state index is 5.95. The highest BCUT2D eigenvalue weighted by molar-refractivity contribution is 6.71. The van der Waals surface area contributed by atoms with Gasteiger partial charge in [0.1, 0.15) is 0 Å². The second-order valence-corrected chi connectivity index (χ2v) is 11.1. The summed E-state index contributed by atoms with van der Waals surface area (Å²) in [5, 5.41) is 0. The van der Waals surface area contributed by atoms with Crippen LogP contribution in [0.5, 0.6) is 0 Å². The van der Waals surface area contributed by atoms with Gasteiger partial charge < -0.3 is 17.1 Å². The van der Waals surface area contributed by atoms with E-state index in [1.807, 2.05) is 0 Å². The molecule has 4 nitrogen and oxygen atoms in total. The zero-order chi connectivity index (χ0) is 13.3. The van der Waals surface area contributed by atoms with Crippen molar-refractivity contribution in [2.45, 2.75) is 52.9 Å². The number of hydrogen-bond donors (Lipinski definition) is 0. The molecule has 0 saturated heterocycles. The molecule has 0 amide bonds. The first kappa shape index (κ1) is 17.5. The summed E-state index contributed by atoms with van der Waals surface area (Å²) < 4.78 is 23.6. The van der Waals surface area contributed by atoms with Crippen LogP contribution in [0.4, 0.5) is 0 Å². The summed E-state index contributed by atoms with van der Waals surface area (Å²) in [6.07, 6.45) is 1.89. The van der Waals surface area contributed by atoms with E-state index in [0.29, 0.717) is 13.2 Å². The fourth-order valence-corrected chi connectivity index (χ4v) is 7.61. The molecule has 0 unspecified atom stereocenters. The van der Waals surface area contributed by atoms with Crippen molar-refractivity contribution >= 4 is 27.1 Å². The lowest BCUT2D eigenvalue weighted by molar-refractivity contribution is 0.0406. The average molecular weight is 295 g/mol. The van der Waals surface area contributed by atoms with Gasteiger partial charge in [-0.05, 0) is 39.0 Å². The Balaban J connectivity index is 4.63. The largest absolute Gasteiger partial charge is 0.658 e. The summed E-state index contributed by atoms with van der Waals surface area (Å²) >= 11 is 0. The summed E-state index contributed by atoms with van der Waals surface area (Å²) in [5.41, 5.74) is 0. The van der Waals surface area contributed by atoms with Gasteiger partial charge in [0.25, 0.3) is 0 Å². The molecule has 7 heteroatoms. The maximum atomic E-state index is 5.95. The number of hydrogen-bond acceptors (Lipinski definition) is 4. The number of rotatable bonds is 10. The topological polar surface area (TPSA) is 36.9 Å². The molecule has 0 rings (SSSR count). The van der Waals surface area contributed by atoms with Crippen molar-refractivity contribution in [2.24, 2.45) is 0 Å². The van der Waals surface area contributed by atoms with E-state index in [2.05, 4.69) is 40.0 Å². The molecule has 0 aromatic rings. The summed E-state index contributed by atoms with van der Waals surface area (Å²) in [4.78, 5) is 0. The summed E-state index contributed by atoms with van der Waals surface area (Å²) in [6.45, 7) is 13.8. The lowest BCUT2D eigenvalue weighted by Crippen LogP contribution is -2.54. The van der Waals surface area contributed by atoms with E-state index in [1.165, 1.54) is 0 Å². The van der Waals surface area contributed by atoms with Gasteiger partial charge in [-0.1, -0.05) is 13.8 Å². The van der Waals surface area contributed by atoms with Gasteiger partial charge in [0.05, 0.1) is 0 Å². The first-order chi connectivity index (χ1) is 7.95. The van der Waals surface area contributed by atoms with Crippen LogP contribution in [-0.2, 0) is 17.1 Å². The van der Waals surface area contributed by atoms with Crippen LogP contribution < -0.4 is 0 Å². The van der Waals surface area contributed by atoms with Crippen molar-refractivity contribution in [3.8, 4) is 0 Å². The second kappa shape index (κ2) is 9.42. The minimum Gasteiger partial charge on any atom is -0.394 e. The predicted molar refractivity (Wildman–Crippen MR) is 75.4 cm³/mol. The lowest BCUT2D eigenvalue weighted by atomic mass is 10.5. The summed E-state index contributed by atoms with van der Waals surface area (Å²) in [6, 6.07) is 0. The Labute approximate surface area is 111 Å². The molecule has 17 heavy (non-hydrogen) atoms. The Morgan fingerprint density at radius 1 is 0.765 bits per heavy atom. The third-order valence-electron chi connectivity index (χ3n) is 1.62. The van der Waals surface area contributed by atoms with Gasteiger partial charge in [-0.3, -0.25) is 0 Å². The van der Waals surface area contributed by atoms with Crippen LogP contribution in [0, 0.1) is 0 Å². The van der Waals surface area contributed by atoms with Crippen molar-refractivity contribution in [3.63, 3.8) is 0 Å². The van der Waals surface area contributed by atoms with E-state index in [4.69, 9.17) is 17.1 Å². The SMILES string of the molecule is CCCO[Si](OCCC)(O[Si](C)C)O[Si](C)C. The van der Waals surface area contributed by atoms with Crippen LogP contribution in [0.15, 0.2) is 0 Å². The standard InChI is InChI=1S/C10H26O4Si3/c1-7-9-11-17(12-10-8-2,13-15(3)4)14-16(5)6/h7-10H2,1-6H3. The fourth-order valence-electron chi connectivity index (χ4n) is 1.13. The van der Waals surface area contributed by atoms with Crippen LogP contribution in [0.25, 0.3) is 0 Å². The first-order valence-electron chi connectivity index (χ1n) is 6.22. The Morgan fingerprint density at radius 2 is 1.12 bits per heavy atom. The van der Waals surface area contributed by atoms with Crippen molar-refractivity contribution < 1.29 is 17.1 Å². The van der Waals surface area contributed by atoms with Gasteiger partial charge in [-0.2, -0.15) is 0 Å². The zero-order valence-corrected chi connectivity index (χ0v) is 15.0. The van der Waals surface area contributed by atoms with Crippen LogP contribution in [-0.4, -0.2) is 40.3 Å². The molecular weight excluding hydrogens is 268 g/mol. The van der Waals surface area contributed by atoms with E-state index < -0.39 is 27.1 Å². The molecule has 0 heterocycles. The lowest BCUT2D eigenvalue weighted by Gasteiger charge is -2.31. The van der Waals surface area contributed by atoms with E-state index in [9.17, 15) is 0 Å². The van der Waals surface area contributed by atoms with Crippen LogP contribution >= 0.6 is 0 Å². The molecule has 0 fully saturated rings. The van der Waals surface area contributed by atoms with Gasteiger partial charge in [0, 0.05) is 13.2 Å². The van der Waals surface area contributed by atoms with E-state index in [1.54, 1.807) is 0 Å². The molecular formula is C10H26O4Si3. The van der Waals surface area contributed by atoms with Crippen molar-refractivity contribution in [3.05, 3.63) is 0 Å². The molecule has 0 spiro atoms. The predicted octanol–water partition coefficient (Wildman–Crippen LogP) is 2.81. The minimum absolute atomic E-state index is 0.639. The molecule has 2 radical (unpaired) electrons. The van der Waals surface area contributed by atoms with Crippen LogP contribution in [0.1, 0.15) is 26.7 Å².